The van der Waals surface area contributed by atoms with Crippen LogP contribution in [0.2, 0.25) is 0 Å². The molecule has 11 heteroatoms. The quantitative estimate of drug-likeness (QED) is 0.316. The molecule has 0 aliphatic carbocycles. The number of hydrogen-bond acceptors (Lipinski definition) is 8. The third-order valence-corrected chi connectivity index (χ3v) is 4.15. The molecule has 31 heavy (non-hydrogen) atoms. The van der Waals surface area contributed by atoms with Crippen LogP contribution in [0.3, 0.4) is 0 Å². The fourth-order valence-electron chi connectivity index (χ4n) is 2.58. The van der Waals surface area contributed by atoms with E-state index >= 15 is 0 Å². The molecule has 1 amide bonds. The molecule has 0 saturated heterocycles. The Kier molecular flexibility index (Phi) is 6.15. The molecular formula is C20H17N3O8. The molecule has 0 spiro atoms. The lowest BCUT2D eigenvalue weighted by atomic mass is 10.2. The van der Waals surface area contributed by atoms with Crippen LogP contribution in [0.25, 0.3) is 11.0 Å². The Balaban J connectivity index is 1.69. The minimum absolute atomic E-state index is 0.0587. The highest BCUT2D eigenvalue weighted by molar-refractivity contribution is 5.97. The van der Waals surface area contributed by atoms with Gasteiger partial charge in [0.25, 0.3) is 5.69 Å². The van der Waals surface area contributed by atoms with Gasteiger partial charge in [0.05, 0.1) is 18.2 Å². The molecule has 1 heterocycles. The zero-order valence-electron chi connectivity index (χ0n) is 16.4. The summed E-state index contributed by atoms with van der Waals surface area (Å²) in [6, 6.07) is 10.1. The van der Waals surface area contributed by atoms with Crippen molar-refractivity contribution in [1.82, 2.24) is 5.43 Å². The summed E-state index contributed by atoms with van der Waals surface area (Å²) in [5.74, 6) is -1.28. The Morgan fingerprint density at radius 1 is 1.23 bits per heavy atom. The smallest absolute Gasteiger partial charge is 0.344 e. The van der Waals surface area contributed by atoms with Gasteiger partial charge < -0.3 is 19.0 Å². The van der Waals surface area contributed by atoms with Crippen LogP contribution in [0.15, 0.2) is 52.0 Å². The SMILES string of the molecule is COc1cc(/C=N\NC(=O)c2cc3cc([N+](=O)[O-])ccc3o2)ccc1O[C@@H](C)C(=O)O. The number of rotatable bonds is 8. The van der Waals surface area contributed by atoms with E-state index in [0.29, 0.717) is 22.3 Å². The van der Waals surface area contributed by atoms with Crippen LogP contribution in [0.4, 0.5) is 5.69 Å². The number of non-ortho nitro benzene ring substituents is 1. The second kappa shape index (κ2) is 8.95. The molecule has 0 bridgehead atoms. The van der Waals surface area contributed by atoms with E-state index in [2.05, 4.69) is 10.5 Å². The van der Waals surface area contributed by atoms with E-state index < -0.39 is 22.9 Å². The van der Waals surface area contributed by atoms with E-state index in [-0.39, 0.29) is 17.2 Å². The number of furan rings is 1. The second-order valence-electron chi connectivity index (χ2n) is 6.30. The Labute approximate surface area is 175 Å². The summed E-state index contributed by atoms with van der Waals surface area (Å²) >= 11 is 0. The third-order valence-electron chi connectivity index (χ3n) is 4.15. The normalized spacial score (nSPS) is 11.9. The molecule has 0 fully saturated rings. The van der Waals surface area contributed by atoms with Gasteiger partial charge in [-0.15, -0.1) is 0 Å². The molecule has 2 N–H and O–H groups in total. The Hall–Kier alpha value is -4.41. The molecule has 2 aromatic carbocycles. The zero-order chi connectivity index (χ0) is 22.5. The Morgan fingerprint density at radius 2 is 2.00 bits per heavy atom. The largest absolute Gasteiger partial charge is 0.493 e. The molecule has 0 aliphatic heterocycles. The van der Waals surface area contributed by atoms with Crippen LogP contribution in [0.1, 0.15) is 23.0 Å². The summed E-state index contributed by atoms with van der Waals surface area (Å²) in [6.07, 6.45) is 0.288. The van der Waals surface area contributed by atoms with E-state index in [0.717, 1.165) is 0 Å². The topological polar surface area (TPSA) is 154 Å². The van der Waals surface area contributed by atoms with E-state index in [9.17, 15) is 19.7 Å². The Morgan fingerprint density at radius 3 is 2.68 bits per heavy atom. The number of nitrogens with one attached hydrogen (secondary N) is 1. The number of nitro groups is 1. The summed E-state index contributed by atoms with van der Waals surface area (Å²) in [5, 5.41) is 24.0. The maximum Gasteiger partial charge on any atom is 0.344 e. The first kappa shape index (κ1) is 21.3. The number of carboxylic acid groups (broad SMARTS) is 1. The van der Waals surface area contributed by atoms with Gasteiger partial charge in [-0.25, -0.2) is 10.2 Å². The van der Waals surface area contributed by atoms with Crippen molar-refractivity contribution in [3.05, 3.63) is 63.9 Å². The first-order chi connectivity index (χ1) is 14.8. The molecule has 1 atom stereocenters. The minimum Gasteiger partial charge on any atom is -0.493 e. The van der Waals surface area contributed by atoms with Gasteiger partial charge in [-0.05, 0) is 42.8 Å². The lowest BCUT2D eigenvalue weighted by Gasteiger charge is -2.13. The molecule has 0 unspecified atom stereocenters. The van der Waals surface area contributed by atoms with Crippen molar-refractivity contribution in [2.75, 3.05) is 7.11 Å². The van der Waals surface area contributed by atoms with Crippen LogP contribution in [-0.4, -0.2) is 41.3 Å². The number of carboxylic acids is 1. The number of carbonyl (C=O) groups is 2. The number of hydrazone groups is 1. The molecule has 11 nitrogen and oxygen atoms in total. The molecule has 3 rings (SSSR count). The first-order valence-electron chi connectivity index (χ1n) is 8.87. The van der Waals surface area contributed by atoms with Gasteiger partial charge in [0, 0.05) is 17.5 Å². The summed E-state index contributed by atoms with van der Waals surface area (Å²) in [4.78, 5) is 33.5. The highest BCUT2D eigenvalue weighted by Gasteiger charge is 2.16. The molecule has 0 aliphatic rings. The first-order valence-corrected chi connectivity index (χ1v) is 8.87. The number of amides is 1. The number of aliphatic carboxylic acids is 1. The number of fused-ring (bicyclic) bond motifs is 1. The predicted octanol–water partition coefficient (Wildman–Crippen LogP) is 2.97. The maximum absolute atomic E-state index is 12.2. The van der Waals surface area contributed by atoms with Crippen molar-refractivity contribution in [2.24, 2.45) is 5.10 Å². The zero-order valence-corrected chi connectivity index (χ0v) is 16.4. The van der Waals surface area contributed by atoms with Crippen molar-refractivity contribution < 1.29 is 33.5 Å². The van der Waals surface area contributed by atoms with E-state index in [1.807, 2.05) is 0 Å². The van der Waals surface area contributed by atoms with E-state index in [1.54, 1.807) is 12.1 Å². The van der Waals surface area contributed by atoms with Gasteiger partial charge in [-0.2, -0.15) is 5.10 Å². The maximum atomic E-state index is 12.2. The number of nitro benzene ring substituents is 1. The van der Waals surface area contributed by atoms with Crippen molar-refractivity contribution >= 4 is 34.7 Å². The molecule has 0 radical (unpaired) electrons. The standard InChI is InChI=1S/C20H17N3O8/c1-11(20(25)26)30-16-5-3-12(7-17(16)29-2)10-21-22-19(24)18-9-13-8-14(23(27)28)4-6-15(13)31-18/h3-11H,1-2H3,(H,22,24)(H,25,26)/b21-10-/t11-/m0/s1. The molecule has 3 aromatic rings. The number of benzene rings is 2. The molecule has 0 saturated carbocycles. The van der Waals surface area contributed by atoms with Crippen molar-refractivity contribution in [3.8, 4) is 11.5 Å². The van der Waals surface area contributed by atoms with Gasteiger partial charge in [0.15, 0.2) is 23.4 Å². The summed E-state index contributed by atoms with van der Waals surface area (Å²) < 4.78 is 15.9. The lowest BCUT2D eigenvalue weighted by Crippen LogP contribution is -2.23. The molecule has 160 valence electrons. The van der Waals surface area contributed by atoms with Crippen LogP contribution < -0.4 is 14.9 Å². The lowest BCUT2D eigenvalue weighted by molar-refractivity contribution is -0.384. The van der Waals surface area contributed by atoms with Crippen LogP contribution in [0.5, 0.6) is 11.5 Å². The number of ether oxygens (including phenoxy) is 2. The van der Waals surface area contributed by atoms with Gasteiger partial charge >= 0.3 is 11.9 Å². The minimum atomic E-state index is -1.12. The van der Waals surface area contributed by atoms with Crippen LogP contribution in [0, 0.1) is 10.1 Å². The Bertz CT molecular complexity index is 1180. The van der Waals surface area contributed by atoms with Gasteiger partial charge in [-0.3, -0.25) is 14.9 Å². The second-order valence-corrected chi connectivity index (χ2v) is 6.30. The van der Waals surface area contributed by atoms with Crippen molar-refractivity contribution in [3.63, 3.8) is 0 Å². The van der Waals surface area contributed by atoms with Gasteiger partial charge in [0.1, 0.15) is 5.58 Å². The third kappa shape index (κ3) is 4.96. The number of hydrogen-bond donors (Lipinski definition) is 2. The number of nitrogens with zero attached hydrogens (tertiary/aromatic N) is 2. The van der Waals surface area contributed by atoms with Crippen molar-refractivity contribution in [2.45, 2.75) is 13.0 Å². The monoisotopic (exact) mass is 427 g/mol. The average molecular weight is 427 g/mol. The van der Waals surface area contributed by atoms with Gasteiger partial charge in [0.2, 0.25) is 0 Å². The fourth-order valence-corrected chi connectivity index (χ4v) is 2.58. The van der Waals surface area contributed by atoms with Crippen LogP contribution >= 0.6 is 0 Å². The summed E-state index contributed by atoms with van der Waals surface area (Å²) in [5.41, 5.74) is 3.06. The molecular weight excluding hydrogens is 410 g/mol. The fraction of sp³-hybridized carbons (Fsp3) is 0.150. The van der Waals surface area contributed by atoms with E-state index in [1.165, 1.54) is 50.6 Å². The highest BCUT2D eigenvalue weighted by atomic mass is 16.6. The highest BCUT2D eigenvalue weighted by Crippen LogP contribution is 2.28. The number of carbonyl (C=O) groups excluding carboxylic acids is 1. The summed E-state index contributed by atoms with van der Waals surface area (Å²) in [6.45, 7) is 1.39. The molecule has 1 aromatic heterocycles. The predicted molar refractivity (Wildman–Crippen MR) is 109 cm³/mol. The van der Waals surface area contributed by atoms with Gasteiger partial charge in [-0.1, -0.05) is 0 Å². The summed E-state index contributed by atoms with van der Waals surface area (Å²) in [7, 11) is 1.40. The number of methoxy groups -OCH3 is 1. The average Bonchev–Trinajstić information content (AvgIpc) is 3.17. The van der Waals surface area contributed by atoms with Crippen LogP contribution in [-0.2, 0) is 4.79 Å². The van der Waals surface area contributed by atoms with Crippen molar-refractivity contribution in [1.29, 1.82) is 0 Å². The van der Waals surface area contributed by atoms with E-state index in [4.69, 9.17) is 19.0 Å².